The van der Waals surface area contributed by atoms with E-state index in [1.54, 1.807) is 41.3 Å². The monoisotopic (exact) mass is 359 g/mol. The largest absolute Gasteiger partial charge is 0.399 e. The Hall–Kier alpha value is -2.38. The third-order valence-corrected chi connectivity index (χ3v) is 6.09. The van der Waals surface area contributed by atoms with Gasteiger partial charge in [0.2, 0.25) is 10.0 Å². The first-order chi connectivity index (χ1) is 12.0. The lowest BCUT2D eigenvalue weighted by Gasteiger charge is -2.34. The molecule has 0 atom stereocenters. The number of hydrogen-bond acceptors (Lipinski definition) is 4. The summed E-state index contributed by atoms with van der Waals surface area (Å²) >= 11 is 0. The third kappa shape index (κ3) is 4.18. The molecule has 0 aromatic heterocycles. The van der Waals surface area contributed by atoms with E-state index in [0.717, 1.165) is 5.56 Å². The minimum atomic E-state index is -3.38. The van der Waals surface area contributed by atoms with Crippen molar-refractivity contribution in [3.05, 3.63) is 65.7 Å². The summed E-state index contributed by atoms with van der Waals surface area (Å²) in [6.07, 6.45) is 0. The van der Waals surface area contributed by atoms with Crippen molar-refractivity contribution in [3.8, 4) is 0 Å². The predicted molar refractivity (Wildman–Crippen MR) is 97.4 cm³/mol. The minimum absolute atomic E-state index is 0.0169. The SMILES string of the molecule is Nc1cccc(C(=O)N2CCN(S(=O)(=O)Cc3ccccc3)CC2)c1. The van der Waals surface area contributed by atoms with Crippen molar-refractivity contribution in [2.75, 3.05) is 31.9 Å². The van der Waals surface area contributed by atoms with Crippen LogP contribution in [-0.2, 0) is 15.8 Å². The summed E-state index contributed by atoms with van der Waals surface area (Å²) in [5.74, 6) is -0.135. The molecule has 132 valence electrons. The number of sulfonamides is 1. The Balaban J connectivity index is 1.62. The van der Waals surface area contributed by atoms with Crippen LogP contribution in [0.4, 0.5) is 5.69 Å². The molecule has 1 fully saturated rings. The summed E-state index contributed by atoms with van der Waals surface area (Å²) in [6.45, 7) is 1.37. The number of rotatable bonds is 4. The second-order valence-electron chi connectivity index (χ2n) is 6.06. The van der Waals surface area contributed by atoms with Gasteiger partial charge in [0.1, 0.15) is 0 Å². The van der Waals surface area contributed by atoms with Gasteiger partial charge in [-0.2, -0.15) is 4.31 Å². The molecule has 2 aromatic rings. The lowest BCUT2D eigenvalue weighted by atomic mass is 10.1. The molecule has 25 heavy (non-hydrogen) atoms. The third-order valence-electron chi connectivity index (χ3n) is 4.24. The van der Waals surface area contributed by atoms with Gasteiger partial charge in [0, 0.05) is 37.4 Å². The number of benzene rings is 2. The Morgan fingerprint density at radius 3 is 2.28 bits per heavy atom. The van der Waals surface area contributed by atoms with Gasteiger partial charge >= 0.3 is 0 Å². The first-order valence-electron chi connectivity index (χ1n) is 8.12. The number of nitrogens with two attached hydrogens (primary N) is 1. The number of anilines is 1. The Labute approximate surface area is 147 Å². The van der Waals surface area contributed by atoms with Crippen LogP contribution < -0.4 is 5.73 Å². The van der Waals surface area contributed by atoms with Crippen LogP contribution in [-0.4, -0.2) is 49.7 Å². The lowest BCUT2D eigenvalue weighted by molar-refractivity contribution is 0.0698. The normalized spacial score (nSPS) is 15.9. The van der Waals surface area contributed by atoms with E-state index in [9.17, 15) is 13.2 Å². The maximum atomic E-state index is 12.6. The van der Waals surface area contributed by atoms with Crippen LogP contribution in [0.15, 0.2) is 54.6 Å². The maximum Gasteiger partial charge on any atom is 0.254 e. The highest BCUT2D eigenvalue weighted by atomic mass is 32.2. The maximum absolute atomic E-state index is 12.6. The van der Waals surface area contributed by atoms with Crippen LogP contribution in [0, 0.1) is 0 Å². The van der Waals surface area contributed by atoms with Crippen molar-refractivity contribution in [2.45, 2.75) is 5.75 Å². The van der Waals surface area contributed by atoms with Crippen LogP contribution in [0.1, 0.15) is 15.9 Å². The summed E-state index contributed by atoms with van der Waals surface area (Å²) < 4.78 is 26.6. The summed E-state index contributed by atoms with van der Waals surface area (Å²) in [5, 5.41) is 0. The molecule has 2 N–H and O–H groups in total. The Morgan fingerprint density at radius 2 is 1.64 bits per heavy atom. The molecule has 1 amide bonds. The van der Waals surface area contributed by atoms with Crippen molar-refractivity contribution < 1.29 is 13.2 Å². The molecule has 7 heteroatoms. The first-order valence-corrected chi connectivity index (χ1v) is 9.73. The average Bonchev–Trinajstić information content (AvgIpc) is 2.62. The zero-order valence-corrected chi connectivity index (χ0v) is 14.7. The van der Waals surface area contributed by atoms with Gasteiger partial charge in [-0.15, -0.1) is 0 Å². The molecule has 1 aliphatic heterocycles. The summed E-state index contributed by atoms with van der Waals surface area (Å²) in [5.41, 5.74) is 7.55. The smallest absolute Gasteiger partial charge is 0.254 e. The molecule has 0 saturated carbocycles. The number of carbonyl (C=O) groups is 1. The Kier molecular flexibility index (Phi) is 5.06. The van der Waals surface area contributed by atoms with Crippen LogP contribution in [0.2, 0.25) is 0 Å². The lowest BCUT2D eigenvalue weighted by Crippen LogP contribution is -2.50. The number of piperazine rings is 1. The van der Waals surface area contributed by atoms with Crippen molar-refractivity contribution >= 4 is 21.6 Å². The fraction of sp³-hybridized carbons (Fsp3) is 0.278. The van der Waals surface area contributed by atoms with Gasteiger partial charge in [0.15, 0.2) is 0 Å². The average molecular weight is 359 g/mol. The molecule has 2 aromatic carbocycles. The van der Waals surface area contributed by atoms with E-state index in [-0.39, 0.29) is 11.7 Å². The van der Waals surface area contributed by atoms with Gasteiger partial charge in [-0.1, -0.05) is 36.4 Å². The van der Waals surface area contributed by atoms with E-state index in [1.165, 1.54) is 4.31 Å². The molecule has 0 unspecified atom stereocenters. The van der Waals surface area contributed by atoms with Crippen molar-refractivity contribution in [1.82, 2.24) is 9.21 Å². The molecule has 3 rings (SSSR count). The van der Waals surface area contributed by atoms with Crippen LogP contribution in [0.3, 0.4) is 0 Å². The first kappa shape index (κ1) is 17.4. The van der Waals surface area contributed by atoms with Crippen molar-refractivity contribution in [3.63, 3.8) is 0 Å². The molecule has 1 heterocycles. The van der Waals surface area contributed by atoms with Crippen LogP contribution in [0.25, 0.3) is 0 Å². The van der Waals surface area contributed by atoms with Crippen LogP contribution in [0.5, 0.6) is 0 Å². The summed E-state index contributed by atoms with van der Waals surface area (Å²) in [4.78, 5) is 14.2. The molecular weight excluding hydrogens is 338 g/mol. The molecule has 0 bridgehead atoms. The fourth-order valence-corrected chi connectivity index (χ4v) is 4.42. The zero-order valence-electron chi connectivity index (χ0n) is 13.8. The number of nitrogens with zero attached hydrogens (tertiary/aromatic N) is 2. The quantitative estimate of drug-likeness (QED) is 0.840. The zero-order chi connectivity index (χ0) is 17.9. The molecule has 0 aliphatic carbocycles. The number of hydrogen-bond donors (Lipinski definition) is 1. The van der Waals surface area contributed by atoms with Gasteiger partial charge in [-0.3, -0.25) is 4.79 Å². The molecule has 1 saturated heterocycles. The van der Waals surface area contributed by atoms with E-state index in [1.807, 2.05) is 18.2 Å². The highest BCUT2D eigenvalue weighted by Gasteiger charge is 2.29. The van der Waals surface area contributed by atoms with Crippen molar-refractivity contribution in [1.29, 1.82) is 0 Å². The molecule has 0 spiro atoms. The summed E-state index contributed by atoms with van der Waals surface area (Å²) in [7, 11) is -3.38. The van der Waals surface area contributed by atoms with Gasteiger partial charge in [0.05, 0.1) is 5.75 Å². The van der Waals surface area contributed by atoms with E-state index >= 15 is 0 Å². The van der Waals surface area contributed by atoms with Gasteiger partial charge < -0.3 is 10.6 Å². The second kappa shape index (κ2) is 7.25. The molecule has 1 aliphatic rings. The highest BCUT2D eigenvalue weighted by Crippen LogP contribution is 2.16. The topological polar surface area (TPSA) is 83.7 Å². The van der Waals surface area contributed by atoms with E-state index in [0.29, 0.717) is 37.4 Å². The van der Waals surface area contributed by atoms with E-state index in [2.05, 4.69) is 0 Å². The molecule has 0 radical (unpaired) electrons. The fourth-order valence-electron chi connectivity index (χ4n) is 2.90. The standard InChI is InChI=1S/C18H21N3O3S/c19-17-8-4-7-16(13-17)18(22)20-9-11-21(12-10-20)25(23,24)14-15-5-2-1-3-6-15/h1-8,13H,9-12,14,19H2. The highest BCUT2D eigenvalue weighted by molar-refractivity contribution is 7.88. The number of nitrogen functional groups attached to an aromatic ring is 1. The van der Waals surface area contributed by atoms with Crippen molar-refractivity contribution in [2.24, 2.45) is 0 Å². The van der Waals surface area contributed by atoms with E-state index < -0.39 is 10.0 Å². The molecular formula is C18H21N3O3S. The van der Waals surface area contributed by atoms with Crippen LogP contribution >= 0.6 is 0 Å². The number of amides is 1. The van der Waals surface area contributed by atoms with Gasteiger partial charge in [-0.05, 0) is 23.8 Å². The summed E-state index contributed by atoms with van der Waals surface area (Å²) in [6, 6.07) is 15.9. The minimum Gasteiger partial charge on any atom is -0.399 e. The van der Waals surface area contributed by atoms with Gasteiger partial charge in [-0.25, -0.2) is 8.42 Å². The second-order valence-corrected chi connectivity index (χ2v) is 8.03. The Morgan fingerprint density at radius 1 is 0.960 bits per heavy atom. The predicted octanol–water partition coefficient (Wildman–Crippen LogP) is 1.56. The number of carbonyl (C=O) groups excluding carboxylic acids is 1. The van der Waals surface area contributed by atoms with Gasteiger partial charge in [0.25, 0.3) is 5.91 Å². The Bertz CT molecular complexity index is 845. The van der Waals surface area contributed by atoms with E-state index in [4.69, 9.17) is 5.73 Å². The molecule has 6 nitrogen and oxygen atoms in total.